The molecule has 0 fully saturated rings. The van der Waals surface area contributed by atoms with Gasteiger partial charge < -0.3 is 10.4 Å². The molecule has 0 amide bonds. The zero-order valence-electron chi connectivity index (χ0n) is 8.29. The number of anilines is 1. The van der Waals surface area contributed by atoms with Crippen molar-refractivity contribution < 1.29 is 9.90 Å². The lowest BCUT2D eigenvalue weighted by atomic mass is 10.1. The van der Waals surface area contributed by atoms with Crippen molar-refractivity contribution in [3.05, 3.63) is 29.8 Å². The van der Waals surface area contributed by atoms with E-state index in [-0.39, 0.29) is 6.42 Å². The van der Waals surface area contributed by atoms with Gasteiger partial charge in [-0.2, -0.15) is 0 Å². The Labute approximate surface area is 83.8 Å². The average Bonchev–Trinajstić information content (AvgIpc) is 2.16. The number of hydrogen-bond donors (Lipinski definition) is 2. The van der Waals surface area contributed by atoms with E-state index >= 15 is 0 Å². The second-order valence-corrected chi connectivity index (χ2v) is 3.12. The molecule has 0 unspecified atom stereocenters. The Balaban J connectivity index is 2.58. The minimum atomic E-state index is -0.751. The van der Waals surface area contributed by atoms with Crippen molar-refractivity contribution in [2.75, 3.05) is 11.9 Å². The van der Waals surface area contributed by atoms with Crippen LogP contribution in [-0.4, -0.2) is 17.6 Å². The molecule has 0 saturated heterocycles. The van der Waals surface area contributed by atoms with Crippen LogP contribution >= 0.6 is 0 Å². The molecular weight excluding hydrogens is 178 g/mol. The number of carbonyl (C=O) groups is 1. The van der Waals surface area contributed by atoms with Crippen LogP contribution in [0.1, 0.15) is 18.9 Å². The fraction of sp³-hybridized carbons (Fsp3) is 0.364. The highest BCUT2D eigenvalue weighted by molar-refractivity contribution is 5.67. The third-order valence-corrected chi connectivity index (χ3v) is 1.94. The smallest absolute Gasteiger partial charge is 0.303 e. The molecule has 0 aliphatic heterocycles. The molecule has 1 aromatic carbocycles. The molecule has 76 valence electrons. The zero-order chi connectivity index (χ0) is 10.4. The number of hydrogen-bond acceptors (Lipinski definition) is 2. The Kier molecular flexibility index (Phi) is 3.98. The minimum absolute atomic E-state index is 0.190. The largest absolute Gasteiger partial charge is 0.481 e. The topological polar surface area (TPSA) is 49.3 Å². The second-order valence-electron chi connectivity index (χ2n) is 3.12. The number of carboxylic acids is 1. The van der Waals surface area contributed by atoms with Gasteiger partial charge in [-0.05, 0) is 31.0 Å². The Hall–Kier alpha value is -1.51. The monoisotopic (exact) mass is 193 g/mol. The van der Waals surface area contributed by atoms with Crippen molar-refractivity contribution in [1.82, 2.24) is 0 Å². The molecule has 2 N–H and O–H groups in total. The average molecular weight is 193 g/mol. The third-order valence-electron chi connectivity index (χ3n) is 1.94. The summed E-state index contributed by atoms with van der Waals surface area (Å²) in [4.78, 5) is 10.4. The molecule has 0 bridgehead atoms. The molecule has 0 spiro atoms. The van der Waals surface area contributed by atoms with Crippen LogP contribution in [-0.2, 0) is 11.2 Å². The summed E-state index contributed by atoms with van der Waals surface area (Å²) in [6, 6.07) is 7.86. The summed E-state index contributed by atoms with van der Waals surface area (Å²) in [5, 5.41) is 11.7. The fourth-order valence-electron chi connectivity index (χ4n) is 1.29. The van der Waals surface area contributed by atoms with Crippen molar-refractivity contribution in [1.29, 1.82) is 0 Å². The summed E-state index contributed by atoms with van der Waals surface area (Å²) in [5.74, 6) is -0.751. The van der Waals surface area contributed by atoms with Gasteiger partial charge in [0, 0.05) is 18.7 Å². The molecule has 0 heterocycles. The van der Waals surface area contributed by atoms with Gasteiger partial charge in [-0.3, -0.25) is 4.79 Å². The van der Waals surface area contributed by atoms with E-state index in [2.05, 4.69) is 5.32 Å². The van der Waals surface area contributed by atoms with E-state index in [1.165, 1.54) is 0 Å². The Morgan fingerprint density at radius 2 is 2.29 bits per heavy atom. The number of rotatable bonds is 5. The zero-order valence-corrected chi connectivity index (χ0v) is 8.29. The lowest BCUT2D eigenvalue weighted by molar-refractivity contribution is -0.136. The standard InChI is InChI=1S/C11H15NO2/c1-2-12-10-5-3-4-9(8-10)6-7-11(13)14/h3-5,8,12H,2,6-7H2,1H3,(H,13,14). The van der Waals surface area contributed by atoms with Gasteiger partial charge >= 0.3 is 5.97 Å². The summed E-state index contributed by atoms with van der Waals surface area (Å²) >= 11 is 0. The molecule has 3 heteroatoms. The van der Waals surface area contributed by atoms with E-state index in [9.17, 15) is 4.79 Å². The van der Waals surface area contributed by atoms with Crippen LogP contribution in [0.4, 0.5) is 5.69 Å². The predicted octanol–water partition coefficient (Wildman–Crippen LogP) is 2.14. The Bertz CT molecular complexity index is 310. The molecule has 0 atom stereocenters. The fourth-order valence-corrected chi connectivity index (χ4v) is 1.29. The summed E-state index contributed by atoms with van der Waals surface area (Å²) < 4.78 is 0. The van der Waals surface area contributed by atoms with Crippen LogP contribution in [0.5, 0.6) is 0 Å². The van der Waals surface area contributed by atoms with Gasteiger partial charge in [0.05, 0.1) is 0 Å². The van der Waals surface area contributed by atoms with Gasteiger partial charge in [0.25, 0.3) is 0 Å². The molecule has 1 rings (SSSR count). The highest BCUT2D eigenvalue weighted by atomic mass is 16.4. The van der Waals surface area contributed by atoms with Gasteiger partial charge in [-0.15, -0.1) is 0 Å². The maximum atomic E-state index is 10.4. The van der Waals surface area contributed by atoms with E-state index in [4.69, 9.17) is 5.11 Å². The number of aryl methyl sites for hydroxylation is 1. The summed E-state index contributed by atoms with van der Waals surface area (Å²) in [7, 11) is 0. The highest BCUT2D eigenvalue weighted by Crippen LogP contribution is 2.11. The molecular formula is C11H15NO2. The first kappa shape index (κ1) is 10.6. The first-order valence-electron chi connectivity index (χ1n) is 4.77. The van der Waals surface area contributed by atoms with Crippen molar-refractivity contribution in [3.63, 3.8) is 0 Å². The molecule has 0 saturated carbocycles. The number of carboxylic acid groups (broad SMARTS) is 1. The van der Waals surface area contributed by atoms with E-state index in [0.717, 1.165) is 17.8 Å². The number of benzene rings is 1. The minimum Gasteiger partial charge on any atom is -0.481 e. The van der Waals surface area contributed by atoms with Crippen molar-refractivity contribution in [2.45, 2.75) is 19.8 Å². The van der Waals surface area contributed by atoms with Crippen molar-refractivity contribution in [2.24, 2.45) is 0 Å². The van der Waals surface area contributed by atoms with Gasteiger partial charge in [-0.1, -0.05) is 12.1 Å². The molecule has 0 aliphatic carbocycles. The van der Waals surface area contributed by atoms with Gasteiger partial charge in [0.15, 0.2) is 0 Å². The first-order chi connectivity index (χ1) is 6.72. The molecule has 1 aromatic rings. The van der Waals surface area contributed by atoms with Crippen molar-refractivity contribution in [3.8, 4) is 0 Å². The van der Waals surface area contributed by atoms with E-state index in [0.29, 0.717) is 6.42 Å². The lowest BCUT2D eigenvalue weighted by Gasteiger charge is -2.05. The van der Waals surface area contributed by atoms with Crippen LogP contribution < -0.4 is 5.32 Å². The summed E-state index contributed by atoms with van der Waals surface area (Å²) in [6.45, 7) is 2.91. The SMILES string of the molecule is CCNc1cccc(CCC(=O)O)c1. The second kappa shape index (κ2) is 5.27. The van der Waals surface area contributed by atoms with Crippen LogP contribution in [0, 0.1) is 0 Å². The van der Waals surface area contributed by atoms with E-state index < -0.39 is 5.97 Å². The molecule has 0 aliphatic rings. The maximum absolute atomic E-state index is 10.4. The van der Waals surface area contributed by atoms with Crippen LogP contribution in [0.25, 0.3) is 0 Å². The quantitative estimate of drug-likeness (QED) is 0.753. The molecule has 3 nitrogen and oxygen atoms in total. The lowest BCUT2D eigenvalue weighted by Crippen LogP contribution is -1.99. The van der Waals surface area contributed by atoms with Crippen LogP contribution in [0.15, 0.2) is 24.3 Å². The number of nitrogens with one attached hydrogen (secondary N) is 1. The summed E-state index contributed by atoms with van der Waals surface area (Å²) in [6.07, 6.45) is 0.782. The Morgan fingerprint density at radius 3 is 2.93 bits per heavy atom. The van der Waals surface area contributed by atoms with Gasteiger partial charge in [0.1, 0.15) is 0 Å². The third kappa shape index (κ3) is 3.47. The molecule has 14 heavy (non-hydrogen) atoms. The van der Waals surface area contributed by atoms with Crippen molar-refractivity contribution >= 4 is 11.7 Å². The normalized spacial score (nSPS) is 9.79. The highest BCUT2D eigenvalue weighted by Gasteiger charge is 1.99. The predicted molar refractivity (Wildman–Crippen MR) is 56.6 cm³/mol. The van der Waals surface area contributed by atoms with Crippen LogP contribution in [0.2, 0.25) is 0 Å². The molecule has 0 aromatic heterocycles. The van der Waals surface area contributed by atoms with Gasteiger partial charge in [0.2, 0.25) is 0 Å². The maximum Gasteiger partial charge on any atom is 0.303 e. The number of aliphatic carboxylic acids is 1. The van der Waals surface area contributed by atoms with E-state index in [1.807, 2.05) is 31.2 Å². The van der Waals surface area contributed by atoms with Gasteiger partial charge in [-0.25, -0.2) is 0 Å². The Morgan fingerprint density at radius 1 is 1.50 bits per heavy atom. The van der Waals surface area contributed by atoms with Crippen LogP contribution in [0.3, 0.4) is 0 Å². The van der Waals surface area contributed by atoms with E-state index in [1.54, 1.807) is 0 Å². The summed E-state index contributed by atoms with van der Waals surface area (Å²) in [5.41, 5.74) is 2.11. The first-order valence-corrected chi connectivity index (χ1v) is 4.77. The molecule has 0 radical (unpaired) electrons.